The molecule has 0 heterocycles. The lowest BCUT2D eigenvalue weighted by Gasteiger charge is -1.86. The van der Waals surface area contributed by atoms with Crippen LogP contribution in [0.3, 0.4) is 0 Å². The van der Waals surface area contributed by atoms with Crippen LogP contribution >= 0.6 is 0 Å². The third kappa shape index (κ3) is 34.3. The highest BCUT2D eigenvalue weighted by atomic mass is 14.5. The maximum Gasteiger partial charge on any atom is -0.00773 e. The van der Waals surface area contributed by atoms with Crippen LogP contribution < -0.4 is 5.73 Å². The van der Waals surface area contributed by atoms with Crippen LogP contribution in [0.25, 0.3) is 0 Å². The summed E-state index contributed by atoms with van der Waals surface area (Å²) in [5.41, 5.74) is 5.21. The van der Waals surface area contributed by atoms with Gasteiger partial charge < -0.3 is 5.73 Å². The summed E-state index contributed by atoms with van der Waals surface area (Å²) in [6.45, 7) is 8.28. The molecule has 56 valence electrons. The second-order valence-corrected chi connectivity index (χ2v) is 1.90. The molecule has 0 unspecified atom stereocenters. The van der Waals surface area contributed by atoms with E-state index in [2.05, 4.69) is 13.5 Å². The van der Waals surface area contributed by atoms with E-state index in [9.17, 15) is 0 Å². The monoisotopic (exact) mass is 129 g/mol. The number of rotatable bonds is 3. The average molecular weight is 129 g/mol. The molecule has 0 aliphatic heterocycles. The smallest absolute Gasteiger partial charge is 0.00773 e. The molecule has 0 atom stereocenters. The molecule has 0 spiro atoms. The predicted molar refractivity (Wildman–Crippen MR) is 44.5 cm³/mol. The Morgan fingerprint density at radius 3 is 2.00 bits per heavy atom. The molecule has 0 aromatic rings. The van der Waals surface area contributed by atoms with E-state index in [4.69, 9.17) is 5.73 Å². The van der Waals surface area contributed by atoms with Gasteiger partial charge in [0.25, 0.3) is 0 Å². The number of allylic oxidation sites excluding steroid dienone is 1. The van der Waals surface area contributed by atoms with Gasteiger partial charge in [-0.1, -0.05) is 25.8 Å². The molecule has 0 amide bonds. The average Bonchev–Trinajstić information content (AvgIpc) is 1.86. The summed E-state index contributed by atoms with van der Waals surface area (Å²) in [5.74, 6) is 0. The number of hydrogen-bond donors (Lipinski definition) is 1. The fraction of sp³-hybridized carbons (Fsp3) is 0.750. The molecule has 0 aromatic heterocycles. The molecule has 0 saturated heterocycles. The minimum absolute atomic E-state index is 0.855. The van der Waals surface area contributed by atoms with E-state index >= 15 is 0 Å². The van der Waals surface area contributed by atoms with Crippen LogP contribution in [0.4, 0.5) is 0 Å². The van der Waals surface area contributed by atoms with E-state index < -0.39 is 0 Å². The van der Waals surface area contributed by atoms with Crippen LogP contribution in [0.5, 0.6) is 0 Å². The largest absolute Gasteiger partial charge is 0.330 e. The molecular formula is C8H19N. The molecule has 0 fully saturated rings. The molecule has 0 aliphatic carbocycles. The van der Waals surface area contributed by atoms with E-state index in [1.807, 2.05) is 6.92 Å². The van der Waals surface area contributed by atoms with Crippen molar-refractivity contribution in [3.05, 3.63) is 12.7 Å². The molecule has 1 nitrogen and oxygen atoms in total. The summed E-state index contributed by atoms with van der Waals surface area (Å²) >= 11 is 0. The highest BCUT2D eigenvalue weighted by Crippen LogP contribution is 1.88. The maximum atomic E-state index is 5.21. The van der Waals surface area contributed by atoms with E-state index in [0.717, 1.165) is 6.54 Å². The fourth-order valence-corrected chi connectivity index (χ4v) is 0.394. The lowest BCUT2D eigenvalue weighted by molar-refractivity contribution is 0.727. The van der Waals surface area contributed by atoms with Crippen molar-refractivity contribution in [3.8, 4) is 0 Å². The van der Waals surface area contributed by atoms with Gasteiger partial charge in [-0.15, -0.1) is 6.58 Å². The summed E-state index contributed by atoms with van der Waals surface area (Å²) in [7, 11) is 0. The van der Waals surface area contributed by atoms with E-state index in [0.29, 0.717) is 0 Å². The zero-order chi connectivity index (χ0) is 7.54. The van der Waals surface area contributed by atoms with Gasteiger partial charge in [0.1, 0.15) is 0 Å². The van der Waals surface area contributed by atoms with E-state index in [1.54, 1.807) is 6.08 Å². The zero-order valence-corrected chi connectivity index (χ0v) is 6.69. The van der Waals surface area contributed by atoms with Gasteiger partial charge in [-0.2, -0.15) is 0 Å². The van der Waals surface area contributed by atoms with Crippen molar-refractivity contribution < 1.29 is 0 Å². The topological polar surface area (TPSA) is 26.0 Å². The van der Waals surface area contributed by atoms with Crippen LogP contribution in [0, 0.1) is 0 Å². The molecule has 0 aliphatic rings. The summed E-state index contributed by atoms with van der Waals surface area (Å²) in [4.78, 5) is 0. The standard InChI is InChI=1S/C5H13N.C3H6/c1-2-3-4-5-6;1-3-2/h2-6H2,1H3;3H,1H2,2H3. The molecule has 0 aromatic carbocycles. The van der Waals surface area contributed by atoms with Crippen molar-refractivity contribution in [2.75, 3.05) is 6.54 Å². The molecule has 0 rings (SSSR count). The number of hydrogen-bond acceptors (Lipinski definition) is 1. The van der Waals surface area contributed by atoms with Gasteiger partial charge in [-0.05, 0) is 19.9 Å². The Kier molecular flexibility index (Phi) is 20.0. The second-order valence-electron chi connectivity index (χ2n) is 1.90. The summed E-state index contributed by atoms with van der Waals surface area (Å²) < 4.78 is 0. The van der Waals surface area contributed by atoms with E-state index in [1.165, 1.54) is 19.3 Å². The maximum absolute atomic E-state index is 5.21. The Balaban J connectivity index is 0. The normalized spacial score (nSPS) is 7.44. The highest BCUT2D eigenvalue weighted by molar-refractivity contribution is 4.51. The highest BCUT2D eigenvalue weighted by Gasteiger charge is 1.75. The number of unbranched alkanes of at least 4 members (excludes halogenated alkanes) is 2. The Hall–Kier alpha value is -0.300. The summed E-state index contributed by atoms with van der Waals surface area (Å²) in [5, 5.41) is 0. The zero-order valence-electron chi connectivity index (χ0n) is 6.69. The van der Waals surface area contributed by atoms with Gasteiger partial charge >= 0.3 is 0 Å². The van der Waals surface area contributed by atoms with Gasteiger partial charge in [0.2, 0.25) is 0 Å². The molecule has 0 radical (unpaired) electrons. The second kappa shape index (κ2) is 15.6. The predicted octanol–water partition coefficient (Wildman–Crippen LogP) is 2.33. The minimum atomic E-state index is 0.855. The van der Waals surface area contributed by atoms with Crippen LogP contribution in [0.15, 0.2) is 12.7 Å². The first-order valence-electron chi connectivity index (χ1n) is 3.60. The van der Waals surface area contributed by atoms with Gasteiger partial charge in [0, 0.05) is 0 Å². The van der Waals surface area contributed by atoms with Crippen LogP contribution in [-0.2, 0) is 0 Å². The summed E-state index contributed by atoms with van der Waals surface area (Å²) in [6, 6.07) is 0. The Bertz CT molecular complexity index is 37.8. The van der Waals surface area contributed by atoms with Crippen LogP contribution in [-0.4, -0.2) is 6.54 Å². The third-order valence-electron chi connectivity index (χ3n) is 0.808. The quantitative estimate of drug-likeness (QED) is 0.459. The molecule has 0 saturated carbocycles. The number of nitrogens with two attached hydrogens (primary N) is 1. The van der Waals surface area contributed by atoms with Crippen LogP contribution in [0.1, 0.15) is 33.1 Å². The minimum Gasteiger partial charge on any atom is -0.330 e. The van der Waals surface area contributed by atoms with Gasteiger partial charge in [-0.25, -0.2) is 0 Å². The van der Waals surface area contributed by atoms with Crippen molar-refractivity contribution in [1.82, 2.24) is 0 Å². The first-order chi connectivity index (χ1) is 4.33. The first kappa shape index (κ1) is 11.5. The Morgan fingerprint density at radius 2 is 1.89 bits per heavy atom. The van der Waals surface area contributed by atoms with Gasteiger partial charge in [0.15, 0.2) is 0 Å². The molecule has 1 heteroatoms. The fourth-order valence-electron chi connectivity index (χ4n) is 0.394. The molecule has 2 N–H and O–H groups in total. The van der Waals surface area contributed by atoms with Crippen molar-refractivity contribution in [2.45, 2.75) is 33.1 Å². The molecule has 0 bridgehead atoms. The summed E-state index contributed by atoms with van der Waals surface area (Å²) in [6.07, 6.45) is 5.50. The molecular weight excluding hydrogens is 110 g/mol. The van der Waals surface area contributed by atoms with Crippen molar-refractivity contribution in [3.63, 3.8) is 0 Å². The third-order valence-corrected chi connectivity index (χ3v) is 0.808. The Labute approximate surface area is 58.9 Å². The van der Waals surface area contributed by atoms with Crippen molar-refractivity contribution in [2.24, 2.45) is 5.73 Å². The van der Waals surface area contributed by atoms with Gasteiger partial charge in [-0.3, -0.25) is 0 Å². The Morgan fingerprint density at radius 1 is 1.44 bits per heavy atom. The van der Waals surface area contributed by atoms with Crippen molar-refractivity contribution >= 4 is 0 Å². The lowest BCUT2D eigenvalue weighted by atomic mass is 10.3. The first-order valence-corrected chi connectivity index (χ1v) is 3.60. The van der Waals surface area contributed by atoms with Crippen molar-refractivity contribution in [1.29, 1.82) is 0 Å². The van der Waals surface area contributed by atoms with E-state index in [-0.39, 0.29) is 0 Å². The molecule has 9 heavy (non-hydrogen) atoms. The van der Waals surface area contributed by atoms with Crippen LogP contribution in [0.2, 0.25) is 0 Å². The SMILES string of the molecule is C=CC.CCCCCN. The lowest BCUT2D eigenvalue weighted by Crippen LogP contribution is -1.96. The van der Waals surface area contributed by atoms with Gasteiger partial charge in [0.05, 0.1) is 0 Å².